The lowest BCUT2D eigenvalue weighted by Gasteiger charge is -2.04. The monoisotopic (exact) mass is 230 g/mol. The van der Waals surface area contributed by atoms with E-state index in [0.717, 1.165) is 10.6 Å². The molecule has 0 spiro atoms. The lowest BCUT2D eigenvalue weighted by molar-refractivity contribution is 0.891. The van der Waals surface area contributed by atoms with Crippen molar-refractivity contribution in [3.8, 4) is 11.8 Å². The van der Waals surface area contributed by atoms with E-state index in [1.807, 2.05) is 18.4 Å². The molecule has 0 saturated heterocycles. The molecule has 0 atom stereocenters. The Balaban J connectivity index is 2.43. The molecule has 0 fully saturated rings. The van der Waals surface area contributed by atoms with Gasteiger partial charge < -0.3 is 5.73 Å². The van der Waals surface area contributed by atoms with Gasteiger partial charge in [-0.1, -0.05) is 0 Å². The summed E-state index contributed by atoms with van der Waals surface area (Å²) in [5, 5.41) is 12.9. The molecule has 0 aliphatic rings. The van der Waals surface area contributed by atoms with Gasteiger partial charge in [-0.3, -0.25) is 0 Å². The van der Waals surface area contributed by atoms with Crippen molar-refractivity contribution in [2.45, 2.75) is 4.90 Å². The maximum Gasteiger partial charge on any atom is 0.140 e. The molecule has 1 heterocycles. The van der Waals surface area contributed by atoms with Gasteiger partial charge in [0.2, 0.25) is 0 Å². The van der Waals surface area contributed by atoms with Gasteiger partial charge in [0, 0.05) is 0 Å². The lowest BCUT2D eigenvalue weighted by atomic mass is 10.2. The first-order chi connectivity index (χ1) is 7.76. The van der Waals surface area contributed by atoms with Gasteiger partial charge in [0.1, 0.15) is 5.82 Å². The summed E-state index contributed by atoms with van der Waals surface area (Å²) in [4.78, 5) is 0.948. The third-order valence-corrected chi connectivity index (χ3v) is 2.99. The predicted molar refractivity (Wildman–Crippen MR) is 64.5 cm³/mol. The molecule has 2 aromatic rings. The normalized spacial score (nSPS) is 10.0. The maximum atomic E-state index is 8.70. The van der Waals surface area contributed by atoms with Crippen LogP contribution in [0, 0.1) is 11.3 Å². The predicted octanol–water partition coefficient (Wildman–Crippen LogP) is 2.05. The second-order valence-electron chi connectivity index (χ2n) is 3.17. The van der Waals surface area contributed by atoms with Crippen LogP contribution in [-0.2, 0) is 0 Å². The van der Waals surface area contributed by atoms with Crippen LogP contribution in [0.2, 0.25) is 0 Å². The van der Waals surface area contributed by atoms with Crippen LogP contribution in [0.15, 0.2) is 35.4 Å². The highest BCUT2D eigenvalue weighted by atomic mass is 32.2. The van der Waals surface area contributed by atoms with Crippen molar-refractivity contribution in [3.63, 3.8) is 0 Å². The Morgan fingerprint density at radius 3 is 2.56 bits per heavy atom. The van der Waals surface area contributed by atoms with Gasteiger partial charge in [-0.2, -0.15) is 10.4 Å². The zero-order valence-corrected chi connectivity index (χ0v) is 9.53. The Morgan fingerprint density at radius 2 is 2.06 bits per heavy atom. The molecule has 0 saturated carbocycles. The van der Waals surface area contributed by atoms with Gasteiger partial charge in [0.25, 0.3) is 0 Å². The Hall–Kier alpha value is -1.93. The van der Waals surface area contributed by atoms with Crippen molar-refractivity contribution in [2.75, 3.05) is 12.0 Å². The number of nitrogens with zero attached hydrogens (tertiary/aromatic N) is 3. The first kappa shape index (κ1) is 10.6. The standard InChI is InChI=1S/C11H10N4S/c1-16-10-7-14-15(11(10)13)9-4-2-8(6-12)3-5-9/h2-5,7H,13H2,1H3. The van der Waals surface area contributed by atoms with Crippen LogP contribution in [0.4, 0.5) is 5.82 Å². The number of hydrogen-bond donors (Lipinski definition) is 1. The van der Waals surface area contributed by atoms with E-state index in [9.17, 15) is 0 Å². The molecule has 16 heavy (non-hydrogen) atoms. The van der Waals surface area contributed by atoms with E-state index >= 15 is 0 Å². The van der Waals surface area contributed by atoms with Crippen molar-refractivity contribution in [2.24, 2.45) is 0 Å². The van der Waals surface area contributed by atoms with Crippen molar-refractivity contribution < 1.29 is 0 Å². The number of hydrogen-bond acceptors (Lipinski definition) is 4. The summed E-state index contributed by atoms with van der Waals surface area (Å²) < 4.78 is 1.66. The van der Waals surface area contributed by atoms with E-state index in [4.69, 9.17) is 11.0 Å². The summed E-state index contributed by atoms with van der Waals surface area (Å²) in [6.45, 7) is 0. The number of nitrogen functional groups attached to an aromatic ring is 1. The molecular weight excluding hydrogens is 220 g/mol. The topological polar surface area (TPSA) is 67.6 Å². The Morgan fingerprint density at radius 1 is 1.38 bits per heavy atom. The van der Waals surface area contributed by atoms with Crippen molar-refractivity contribution in [1.29, 1.82) is 5.26 Å². The zero-order chi connectivity index (χ0) is 11.5. The molecule has 0 amide bonds. The summed E-state index contributed by atoms with van der Waals surface area (Å²) in [5.41, 5.74) is 7.41. The van der Waals surface area contributed by atoms with Gasteiger partial charge in [0.05, 0.1) is 28.4 Å². The first-order valence-electron chi connectivity index (χ1n) is 4.64. The van der Waals surface area contributed by atoms with E-state index in [0.29, 0.717) is 11.4 Å². The molecule has 4 nitrogen and oxygen atoms in total. The Labute approximate surface area is 97.7 Å². The van der Waals surface area contributed by atoms with Crippen LogP contribution in [0.25, 0.3) is 5.69 Å². The van der Waals surface area contributed by atoms with Crippen molar-refractivity contribution in [3.05, 3.63) is 36.0 Å². The van der Waals surface area contributed by atoms with Gasteiger partial charge in [-0.05, 0) is 30.5 Å². The minimum atomic E-state index is 0.622. The van der Waals surface area contributed by atoms with Crippen molar-refractivity contribution in [1.82, 2.24) is 9.78 Å². The molecule has 0 bridgehead atoms. The second-order valence-corrected chi connectivity index (χ2v) is 4.02. The van der Waals surface area contributed by atoms with Gasteiger partial charge >= 0.3 is 0 Å². The van der Waals surface area contributed by atoms with E-state index in [1.165, 1.54) is 0 Å². The number of benzene rings is 1. The SMILES string of the molecule is CSc1cnn(-c2ccc(C#N)cc2)c1N. The molecule has 0 aliphatic heterocycles. The summed E-state index contributed by atoms with van der Waals surface area (Å²) in [6.07, 6.45) is 3.69. The van der Waals surface area contributed by atoms with Crippen molar-refractivity contribution >= 4 is 17.6 Å². The largest absolute Gasteiger partial charge is 0.383 e. The molecule has 80 valence electrons. The highest BCUT2D eigenvalue weighted by molar-refractivity contribution is 7.98. The summed E-state index contributed by atoms with van der Waals surface area (Å²) in [6, 6.07) is 9.21. The van der Waals surface area contributed by atoms with Crippen LogP contribution in [-0.4, -0.2) is 16.0 Å². The summed E-state index contributed by atoms with van der Waals surface area (Å²) in [5.74, 6) is 0.622. The molecule has 0 radical (unpaired) electrons. The minimum absolute atomic E-state index is 0.622. The number of nitriles is 1. The fraction of sp³-hybridized carbons (Fsp3) is 0.0909. The molecule has 0 unspecified atom stereocenters. The average Bonchev–Trinajstić information content (AvgIpc) is 2.70. The van der Waals surface area contributed by atoms with Gasteiger partial charge in [-0.15, -0.1) is 11.8 Å². The minimum Gasteiger partial charge on any atom is -0.383 e. The first-order valence-corrected chi connectivity index (χ1v) is 5.86. The summed E-state index contributed by atoms with van der Waals surface area (Å²) in [7, 11) is 0. The highest BCUT2D eigenvalue weighted by Gasteiger charge is 2.07. The van der Waals surface area contributed by atoms with Crippen LogP contribution in [0.3, 0.4) is 0 Å². The molecule has 5 heteroatoms. The number of aromatic nitrogens is 2. The van der Waals surface area contributed by atoms with Crippen LogP contribution in [0.5, 0.6) is 0 Å². The lowest BCUT2D eigenvalue weighted by Crippen LogP contribution is -2.01. The van der Waals surface area contributed by atoms with E-state index in [2.05, 4.69) is 11.2 Å². The number of thioether (sulfide) groups is 1. The number of anilines is 1. The molecule has 2 rings (SSSR count). The van der Waals surface area contributed by atoms with Gasteiger partial charge in [0.15, 0.2) is 0 Å². The van der Waals surface area contributed by atoms with E-state index < -0.39 is 0 Å². The smallest absolute Gasteiger partial charge is 0.140 e. The Bertz CT molecular complexity index is 536. The third kappa shape index (κ3) is 1.75. The van der Waals surface area contributed by atoms with Gasteiger partial charge in [-0.25, -0.2) is 4.68 Å². The fourth-order valence-electron chi connectivity index (χ4n) is 1.38. The highest BCUT2D eigenvalue weighted by Crippen LogP contribution is 2.24. The summed E-state index contributed by atoms with van der Waals surface area (Å²) >= 11 is 1.56. The van der Waals surface area contributed by atoms with E-state index in [-0.39, 0.29) is 0 Å². The number of rotatable bonds is 2. The Kier molecular flexibility index (Phi) is 2.84. The third-order valence-electron chi connectivity index (χ3n) is 2.23. The maximum absolute atomic E-state index is 8.70. The molecule has 1 aromatic heterocycles. The van der Waals surface area contributed by atoms with Crippen LogP contribution >= 0.6 is 11.8 Å². The average molecular weight is 230 g/mol. The van der Waals surface area contributed by atoms with E-state index in [1.54, 1.807) is 34.8 Å². The molecule has 0 aliphatic carbocycles. The zero-order valence-electron chi connectivity index (χ0n) is 8.71. The second kappa shape index (κ2) is 4.29. The molecule has 2 N–H and O–H groups in total. The number of nitrogens with two attached hydrogens (primary N) is 1. The fourth-order valence-corrected chi connectivity index (χ4v) is 1.83. The quantitative estimate of drug-likeness (QED) is 0.802. The van der Waals surface area contributed by atoms with Crippen LogP contribution < -0.4 is 5.73 Å². The molecular formula is C11H10N4S. The molecule has 1 aromatic carbocycles. The van der Waals surface area contributed by atoms with Crippen LogP contribution in [0.1, 0.15) is 5.56 Å².